The van der Waals surface area contributed by atoms with E-state index in [2.05, 4.69) is 4.90 Å². The molecule has 3 atom stereocenters. The van der Waals surface area contributed by atoms with E-state index in [1.807, 2.05) is 13.8 Å². The summed E-state index contributed by atoms with van der Waals surface area (Å²) < 4.78 is 38.4. The van der Waals surface area contributed by atoms with Crippen molar-refractivity contribution in [2.24, 2.45) is 11.7 Å². The first-order valence-corrected chi connectivity index (χ1v) is 7.46. The van der Waals surface area contributed by atoms with Crippen molar-refractivity contribution < 1.29 is 13.2 Å². The molecule has 0 radical (unpaired) electrons. The standard InChI is InChI=1S/C16H23F3N2/c1-11(20)14-6-4-8-21(10-14)12(2)13-5-3-7-15(9-13)16(17,18)19/h3,5,7,9,11-12,14H,4,6,8,10,20H2,1-2H3. The molecule has 1 heterocycles. The average molecular weight is 300 g/mol. The smallest absolute Gasteiger partial charge is 0.328 e. The quantitative estimate of drug-likeness (QED) is 0.919. The molecule has 1 saturated heterocycles. The summed E-state index contributed by atoms with van der Waals surface area (Å²) in [5.41, 5.74) is 6.12. The summed E-state index contributed by atoms with van der Waals surface area (Å²) >= 11 is 0. The van der Waals surface area contributed by atoms with E-state index in [9.17, 15) is 13.2 Å². The third-order valence-corrected chi connectivity index (χ3v) is 4.48. The number of nitrogens with two attached hydrogens (primary N) is 1. The van der Waals surface area contributed by atoms with E-state index in [1.54, 1.807) is 6.07 Å². The molecule has 21 heavy (non-hydrogen) atoms. The van der Waals surface area contributed by atoms with E-state index in [0.29, 0.717) is 5.92 Å². The molecular formula is C16H23F3N2. The molecule has 0 bridgehead atoms. The van der Waals surface area contributed by atoms with Gasteiger partial charge in [0.15, 0.2) is 0 Å². The van der Waals surface area contributed by atoms with E-state index < -0.39 is 11.7 Å². The number of likely N-dealkylation sites (tertiary alicyclic amines) is 1. The summed E-state index contributed by atoms with van der Waals surface area (Å²) in [4.78, 5) is 2.24. The van der Waals surface area contributed by atoms with Crippen molar-refractivity contribution in [1.82, 2.24) is 4.90 Å². The van der Waals surface area contributed by atoms with Crippen molar-refractivity contribution in [3.8, 4) is 0 Å². The van der Waals surface area contributed by atoms with Crippen LogP contribution in [0.3, 0.4) is 0 Å². The first kappa shape index (κ1) is 16.3. The second-order valence-electron chi connectivity index (χ2n) is 6.06. The van der Waals surface area contributed by atoms with Crippen LogP contribution in [0.25, 0.3) is 0 Å². The van der Waals surface area contributed by atoms with E-state index in [4.69, 9.17) is 5.73 Å². The fourth-order valence-corrected chi connectivity index (χ4v) is 3.01. The Morgan fingerprint density at radius 2 is 2.00 bits per heavy atom. The number of hydrogen-bond donors (Lipinski definition) is 1. The van der Waals surface area contributed by atoms with Crippen LogP contribution in [-0.4, -0.2) is 24.0 Å². The average Bonchev–Trinajstić information content (AvgIpc) is 2.46. The lowest BCUT2D eigenvalue weighted by atomic mass is 9.90. The lowest BCUT2D eigenvalue weighted by molar-refractivity contribution is -0.137. The van der Waals surface area contributed by atoms with Gasteiger partial charge >= 0.3 is 6.18 Å². The Kier molecular flexibility index (Phi) is 4.94. The Balaban J connectivity index is 2.14. The first-order chi connectivity index (χ1) is 9.79. The Bertz CT molecular complexity index is 471. The van der Waals surface area contributed by atoms with Crippen molar-refractivity contribution >= 4 is 0 Å². The lowest BCUT2D eigenvalue weighted by Crippen LogP contribution is -2.43. The largest absolute Gasteiger partial charge is 0.416 e. The highest BCUT2D eigenvalue weighted by Crippen LogP contribution is 2.33. The van der Waals surface area contributed by atoms with Gasteiger partial charge < -0.3 is 5.73 Å². The van der Waals surface area contributed by atoms with Crippen LogP contribution in [0.4, 0.5) is 13.2 Å². The van der Waals surface area contributed by atoms with Crippen LogP contribution in [0.5, 0.6) is 0 Å². The van der Waals surface area contributed by atoms with Crippen LogP contribution in [0.2, 0.25) is 0 Å². The summed E-state index contributed by atoms with van der Waals surface area (Å²) in [6.07, 6.45) is -2.13. The predicted molar refractivity (Wildman–Crippen MR) is 77.8 cm³/mol. The van der Waals surface area contributed by atoms with Crippen LogP contribution < -0.4 is 5.73 Å². The highest BCUT2D eigenvalue weighted by atomic mass is 19.4. The SMILES string of the molecule is CC(N)C1CCCN(C(C)c2cccc(C(F)(F)F)c2)C1. The van der Waals surface area contributed by atoms with Gasteiger partial charge in [-0.15, -0.1) is 0 Å². The number of piperidine rings is 1. The van der Waals surface area contributed by atoms with Crippen molar-refractivity contribution in [3.63, 3.8) is 0 Å². The van der Waals surface area contributed by atoms with E-state index >= 15 is 0 Å². The minimum atomic E-state index is -4.29. The third-order valence-electron chi connectivity index (χ3n) is 4.48. The fraction of sp³-hybridized carbons (Fsp3) is 0.625. The number of hydrogen-bond acceptors (Lipinski definition) is 2. The van der Waals surface area contributed by atoms with Gasteiger partial charge in [0.2, 0.25) is 0 Å². The summed E-state index contributed by atoms with van der Waals surface area (Å²) in [7, 11) is 0. The van der Waals surface area contributed by atoms with Gasteiger partial charge in [-0.05, 0) is 56.8 Å². The molecule has 5 heteroatoms. The maximum atomic E-state index is 12.8. The molecule has 0 saturated carbocycles. The second-order valence-corrected chi connectivity index (χ2v) is 6.06. The van der Waals surface area contributed by atoms with Crippen molar-refractivity contribution in [2.45, 2.75) is 44.9 Å². The molecule has 1 aliphatic heterocycles. The molecular weight excluding hydrogens is 277 g/mol. The van der Waals surface area contributed by atoms with Gasteiger partial charge in [-0.1, -0.05) is 12.1 Å². The van der Waals surface area contributed by atoms with Crippen LogP contribution in [-0.2, 0) is 6.18 Å². The van der Waals surface area contributed by atoms with E-state index in [-0.39, 0.29) is 12.1 Å². The van der Waals surface area contributed by atoms with E-state index in [0.717, 1.165) is 37.6 Å². The number of halogens is 3. The summed E-state index contributed by atoms with van der Waals surface area (Å²) in [5, 5.41) is 0. The van der Waals surface area contributed by atoms with Gasteiger partial charge in [0.05, 0.1) is 5.56 Å². The number of nitrogens with zero attached hydrogens (tertiary/aromatic N) is 1. The minimum absolute atomic E-state index is 0.0196. The van der Waals surface area contributed by atoms with Crippen molar-refractivity contribution in [3.05, 3.63) is 35.4 Å². The predicted octanol–water partition coefficient (Wildman–Crippen LogP) is 3.83. The van der Waals surface area contributed by atoms with Crippen molar-refractivity contribution in [1.29, 1.82) is 0 Å². The highest BCUT2D eigenvalue weighted by Gasteiger charge is 2.32. The van der Waals surface area contributed by atoms with Crippen LogP contribution in [0, 0.1) is 5.92 Å². The maximum Gasteiger partial charge on any atom is 0.416 e. The van der Waals surface area contributed by atoms with Gasteiger partial charge in [-0.3, -0.25) is 4.90 Å². The first-order valence-electron chi connectivity index (χ1n) is 7.46. The molecule has 2 nitrogen and oxygen atoms in total. The molecule has 0 spiro atoms. The minimum Gasteiger partial charge on any atom is -0.328 e. The molecule has 0 amide bonds. The summed E-state index contributed by atoms with van der Waals surface area (Å²) in [6, 6.07) is 5.75. The van der Waals surface area contributed by atoms with Crippen LogP contribution >= 0.6 is 0 Å². The molecule has 1 aromatic rings. The van der Waals surface area contributed by atoms with Gasteiger partial charge in [-0.2, -0.15) is 13.2 Å². The van der Waals surface area contributed by atoms with Crippen molar-refractivity contribution in [2.75, 3.05) is 13.1 Å². The molecule has 0 aromatic heterocycles. The van der Waals surface area contributed by atoms with E-state index in [1.165, 1.54) is 12.1 Å². The molecule has 1 aliphatic rings. The van der Waals surface area contributed by atoms with Crippen LogP contribution in [0.15, 0.2) is 24.3 Å². The number of rotatable bonds is 3. The molecule has 0 aliphatic carbocycles. The van der Waals surface area contributed by atoms with Gasteiger partial charge in [0.25, 0.3) is 0 Å². The zero-order valence-electron chi connectivity index (χ0n) is 12.5. The summed E-state index contributed by atoms with van der Waals surface area (Å²) in [6.45, 7) is 5.75. The van der Waals surface area contributed by atoms with Gasteiger partial charge in [0.1, 0.15) is 0 Å². The zero-order chi connectivity index (χ0) is 15.6. The second kappa shape index (κ2) is 6.36. The lowest BCUT2D eigenvalue weighted by Gasteiger charge is -2.38. The maximum absolute atomic E-state index is 12.8. The van der Waals surface area contributed by atoms with Crippen LogP contribution in [0.1, 0.15) is 43.9 Å². The van der Waals surface area contributed by atoms with Gasteiger partial charge in [0, 0.05) is 18.6 Å². The summed E-state index contributed by atoms with van der Waals surface area (Å²) in [5.74, 6) is 0.423. The Morgan fingerprint density at radius 1 is 1.29 bits per heavy atom. The molecule has 2 N–H and O–H groups in total. The topological polar surface area (TPSA) is 29.3 Å². The van der Waals surface area contributed by atoms with Gasteiger partial charge in [-0.25, -0.2) is 0 Å². The fourth-order valence-electron chi connectivity index (χ4n) is 3.01. The Labute approximate surface area is 124 Å². The molecule has 3 unspecified atom stereocenters. The monoisotopic (exact) mass is 300 g/mol. The number of benzene rings is 1. The Morgan fingerprint density at radius 3 is 2.62 bits per heavy atom. The molecule has 1 fully saturated rings. The normalized spacial score (nSPS) is 23.8. The highest BCUT2D eigenvalue weighted by molar-refractivity contribution is 5.27. The molecule has 118 valence electrons. The number of alkyl halides is 3. The Hall–Kier alpha value is -1.07. The third kappa shape index (κ3) is 3.98. The zero-order valence-corrected chi connectivity index (χ0v) is 12.5. The molecule has 1 aromatic carbocycles. The molecule has 2 rings (SSSR count).